The van der Waals surface area contributed by atoms with Gasteiger partial charge < -0.3 is 4.57 Å². The minimum Gasteiger partial charge on any atom is -0.308 e. The molecule has 0 saturated carbocycles. The van der Waals surface area contributed by atoms with Crippen LogP contribution in [0.5, 0.6) is 0 Å². The number of benzene rings is 8. The Labute approximate surface area is 371 Å². The molecule has 3 heterocycles. The largest absolute Gasteiger partial charge is 0.308 e. The molecular formula is C58H38N6. The fourth-order valence-corrected chi connectivity index (χ4v) is 8.58. The summed E-state index contributed by atoms with van der Waals surface area (Å²) in [5.74, 6) is 0.941. The molecule has 0 unspecified atom stereocenters. The number of para-hydroxylation sites is 1. The fraction of sp³-hybridized carbons (Fsp3) is 0.0172. The third-order valence-corrected chi connectivity index (χ3v) is 11.7. The monoisotopic (exact) mass is 818 g/mol. The number of nitrogens with zero attached hydrogens (tertiary/aromatic N) is 6. The van der Waals surface area contributed by atoms with Crippen molar-refractivity contribution in [1.82, 2.24) is 24.5 Å². The molecule has 64 heavy (non-hydrogen) atoms. The van der Waals surface area contributed by atoms with E-state index in [1.54, 1.807) is 0 Å². The van der Waals surface area contributed by atoms with E-state index in [1.807, 2.05) is 97.1 Å². The Kier molecular flexibility index (Phi) is 9.68. The minimum atomic E-state index is 0.432. The lowest BCUT2D eigenvalue weighted by Crippen LogP contribution is -2.06. The second-order valence-corrected chi connectivity index (χ2v) is 15.9. The van der Waals surface area contributed by atoms with Gasteiger partial charge in [-0.25, -0.2) is 19.9 Å². The lowest BCUT2D eigenvalue weighted by molar-refractivity contribution is 1.12. The Morgan fingerprint density at radius 1 is 0.375 bits per heavy atom. The molecule has 0 spiro atoms. The summed E-state index contributed by atoms with van der Waals surface area (Å²) in [6.45, 7) is 2.11. The van der Waals surface area contributed by atoms with Gasteiger partial charge in [0.25, 0.3) is 0 Å². The molecule has 0 aliphatic carbocycles. The zero-order valence-corrected chi connectivity index (χ0v) is 34.9. The van der Waals surface area contributed by atoms with Gasteiger partial charge in [0.2, 0.25) is 0 Å². The normalized spacial score (nSPS) is 11.2. The van der Waals surface area contributed by atoms with E-state index < -0.39 is 0 Å². The fourth-order valence-electron chi connectivity index (χ4n) is 8.58. The lowest BCUT2D eigenvalue weighted by Gasteiger charge is -2.20. The van der Waals surface area contributed by atoms with Gasteiger partial charge in [-0.3, -0.25) is 0 Å². The van der Waals surface area contributed by atoms with Gasteiger partial charge in [0, 0.05) is 44.2 Å². The molecule has 0 radical (unpaired) electrons. The molecule has 11 rings (SSSR count). The van der Waals surface area contributed by atoms with Crippen LogP contribution in [-0.4, -0.2) is 24.5 Å². The summed E-state index contributed by atoms with van der Waals surface area (Å²) in [7, 11) is 0. The van der Waals surface area contributed by atoms with Gasteiger partial charge >= 0.3 is 0 Å². The summed E-state index contributed by atoms with van der Waals surface area (Å²) >= 11 is 0. The highest BCUT2D eigenvalue weighted by Crippen LogP contribution is 2.43. The predicted molar refractivity (Wildman–Crippen MR) is 259 cm³/mol. The van der Waals surface area contributed by atoms with Gasteiger partial charge in [-0.1, -0.05) is 175 Å². The maximum Gasteiger partial charge on any atom is 0.162 e. The van der Waals surface area contributed by atoms with Crippen molar-refractivity contribution in [2.24, 2.45) is 0 Å². The maximum atomic E-state index is 10.9. The van der Waals surface area contributed by atoms with Crippen LogP contribution in [0.3, 0.4) is 0 Å². The van der Waals surface area contributed by atoms with Crippen molar-refractivity contribution >= 4 is 21.8 Å². The average Bonchev–Trinajstić information content (AvgIpc) is 3.70. The van der Waals surface area contributed by atoms with E-state index in [0.29, 0.717) is 28.3 Å². The molecule has 0 fully saturated rings. The zero-order valence-electron chi connectivity index (χ0n) is 34.9. The average molecular weight is 819 g/mol. The van der Waals surface area contributed by atoms with Gasteiger partial charge in [0.1, 0.15) is 0 Å². The molecule has 6 heteroatoms. The number of fused-ring (bicyclic) bond motifs is 3. The first-order chi connectivity index (χ1) is 31.6. The van der Waals surface area contributed by atoms with Crippen LogP contribution in [0.25, 0.3) is 106 Å². The van der Waals surface area contributed by atoms with E-state index in [1.165, 1.54) is 5.56 Å². The smallest absolute Gasteiger partial charge is 0.162 e. The van der Waals surface area contributed by atoms with Gasteiger partial charge in [0.15, 0.2) is 11.6 Å². The Hall–Kier alpha value is -8.79. The van der Waals surface area contributed by atoms with Crippen LogP contribution in [0.2, 0.25) is 0 Å². The molecule has 0 bridgehead atoms. The molecule has 0 N–H and O–H groups in total. The minimum absolute atomic E-state index is 0.432. The molecule has 0 saturated heterocycles. The lowest BCUT2D eigenvalue weighted by atomic mass is 9.99. The van der Waals surface area contributed by atoms with Crippen LogP contribution in [0.15, 0.2) is 212 Å². The van der Waals surface area contributed by atoms with Gasteiger partial charge in [0.05, 0.1) is 51.1 Å². The van der Waals surface area contributed by atoms with E-state index in [2.05, 4.69) is 133 Å². The molecular weight excluding hydrogens is 781 g/mol. The Morgan fingerprint density at radius 2 is 0.781 bits per heavy atom. The molecule has 0 aliphatic rings. The number of aryl methyl sites for hydroxylation is 1. The molecule has 300 valence electrons. The molecule has 0 aliphatic heterocycles. The first kappa shape index (κ1) is 38.2. The summed E-state index contributed by atoms with van der Waals surface area (Å²) in [6, 6.07) is 74.8. The second kappa shape index (κ2) is 16.2. The maximum absolute atomic E-state index is 10.9. The van der Waals surface area contributed by atoms with Crippen LogP contribution in [0.1, 0.15) is 11.1 Å². The summed E-state index contributed by atoms with van der Waals surface area (Å²) in [6.07, 6.45) is 0. The van der Waals surface area contributed by atoms with Crippen molar-refractivity contribution in [3.8, 4) is 90.7 Å². The molecule has 11 aromatic rings. The van der Waals surface area contributed by atoms with Crippen molar-refractivity contribution in [3.63, 3.8) is 0 Å². The van der Waals surface area contributed by atoms with Crippen LogP contribution in [0.4, 0.5) is 0 Å². The number of hydrogen-bond acceptors (Lipinski definition) is 5. The quantitative estimate of drug-likeness (QED) is 0.153. The number of rotatable bonds is 8. The Bertz CT molecular complexity index is 3280. The molecule has 0 amide bonds. The highest BCUT2D eigenvalue weighted by molar-refractivity contribution is 6.11. The SMILES string of the molecule is Cc1ccc(-c2ccc3c(c2)c2ccccc2n3-c2c(-c3nc(-c4ccccc4)cc(-c4ccccc4)n3)cc(C#N)cc2-c2nc(-c3ccccc3)cc(-c3ccccc3)n2)cc1. The van der Waals surface area contributed by atoms with Gasteiger partial charge in [-0.2, -0.15) is 5.26 Å². The van der Waals surface area contributed by atoms with E-state index in [9.17, 15) is 5.26 Å². The molecule has 6 nitrogen and oxygen atoms in total. The number of nitriles is 1. The highest BCUT2D eigenvalue weighted by Gasteiger charge is 2.26. The summed E-state index contributed by atoms with van der Waals surface area (Å²) in [5.41, 5.74) is 14.8. The van der Waals surface area contributed by atoms with Crippen LogP contribution < -0.4 is 0 Å². The van der Waals surface area contributed by atoms with Crippen molar-refractivity contribution < 1.29 is 0 Å². The Balaban J connectivity index is 1.28. The highest BCUT2D eigenvalue weighted by atomic mass is 15.0. The third kappa shape index (κ3) is 7.07. The van der Waals surface area contributed by atoms with E-state index in [4.69, 9.17) is 19.9 Å². The number of hydrogen-bond donors (Lipinski definition) is 0. The topological polar surface area (TPSA) is 80.3 Å². The summed E-state index contributed by atoms with van der Waals surface area (Å²) in [5, 5.41) is 13.1. The molecule has 8 aromatic carbocycles. The van der Waals surface area contributed by atoms with E-state index >= 15 is 0 Å². The van der Waals surface area contributed by atoms with Gasteiger partial charge in [-0.15, -0.1) is 0 Å². The third-order valence-electron chi connectivity index (χ3n) is 11.7. The molecule has 3 aromatic heterocycles. The van der Waals surface area contributed by atoms with Crippen molar-refractivity contribution in [1.29, 1.82) is 5.26 Å². The van der Waals surface area contributed by atoms with Crippen LogP contribution in [0, 0.1) is 18.3 Å². The first-order valence-corrected chi connectivity index (χ1v) is 21.3. The van der Waals surface area contributed by atoms with Crippen LogP contribution in [-0.2, 0) is 0 Å². The van der Waals surface area contributed by atoms with Crippen LogP contribution >= 0.6 is 0 Å². The van der Waals surface area contributed by atoms with Crippen molar-refractivity contribution in [3.05, 3.63) is 223 Å². The second-order valence-electron chi connectivity index (χ2n) is 15.9. The van der Waals surface area contributed by atoms with Gasteiger partial charge in [-0.05, 0) is 60.5 Å². The number of aromatic nitrogens is 5. The van der Waals surface area contributed by atoms with E-state index in [-0.39, 0.29) is 0 Å². The zero-order chi connectivity index (χ0) is 43.0. The Morgan fingerprint density at radius 3 is 1.23 bits per heavy atom. The van der Waals surface area contributed by atoms with E-state index in [0.717, 1.165) is 83.6 Å². The standard InChI is InChI=1S/C58H38N6/c1-38-26-28-40(29-27-38)45-30-31-55-47(34-45)46-24-14-15-25-54(46)64(55)56-48(57-60-50(41-16-6-2-7-17-41)35-51(61-57)42-18-8-3-9-19-42)32-39(37-59)33-49(56)58-62-52(43-20-10-4-11-21-43)36-53(63-58)44-22-12-5-13-23-44/h2-36H,1H3. The first-order valence-electron chi connectivity index (χ1n) is 21.3. The predicted octanol–water partition coefficient (Wildman–Crippen LogP) is 14.2. The summed E-state index contributed by atoms with van der Waals surface area (Å²) in [4.78, 5) is 21.4. The molecule has 0 atom stereocenters. The van der Waals surface area contributed by atoms with Crippen molar-refractivity contribution in [2.45, 2.75) is 6.92 Å². The summed E-state index contributed by atoms with van der Waals surface area (Å²) < 4.78 is 2.29. The van der Waals surface area contributed by atoms with Crippen molar-refractivity contribution in [2.75, 3.05) is 0 Å².